The van der Waals surface area contributed by atoms with Crippen molar-refractivity contribution in [1.29, 1.82) is 0 Å². The van der Waals surface area contributed by atoms with Crippen molar-refractivity contribution in [3.63, 3.8) is 0 Å². The summed E-state index contributed by atoms with van der Waals surface area (Å²) in [6, 6.07) is 0. The number of aromatic nitrogens is 3. The molecule has 0 amide bonds. The van der Waals surface area contributed by atoms with E-state index in [1.807, 2.05) is 7.05 Å². The molecule has 0 N–H and O–H groups in total. The third-order valence-corrected chi connectivity index (χ3v) is 2.64. The first-order valence-corrected chi connectivity index (χ1v) is 4.43. The summed E-state index contributed by atoms with van der Waals surface area (Å²) in [5.41, 5.74) is 0. The van der Waals surface area contributed by atoms with E-state index in [4.69, 9.17) is 4.74 Å². The Bertz CT molecular complexity index is 246. The number of thioether (sulfide) groups is 1. The molecule has 1 fully saturated rings. The fourth-order valence-corrected chi connectivity index (χ4v) is 1.63. The summed E-state index contributed by atoms with van der Waals surface area (Å²) in [6.07, 6.45) is 2.02. The molecule has 5 heteroatoms. The highest BCUT2D eigenvalue weighted by atomic mass is 32.2. The highest BCUT2D eigenvalue weighted by Crippen LogP contribution is 2.20. The number of aryl methyl sites for hydroxylation is 1. The Labute approximate surface area is 68.9 Å². The molecular formula is C6H9N3OS. The van der Waals surface area contributed by atoms with E-state index in [1.54, 1.807) is 22.8 Å². The van der Waals surface area contributed by atoms with Gasteiger partial charge in [0, 0.05) is 12.8 Å². The summed E-state index contributed by atoms with van der Waals surface area (Å²) in [7, 11) is 1.89. The van der Waals surface area contributed by atoms with Crippen molar-refractivity contribution < 1.29 is 4.74 Å². The van der Waals surface area contributed by atoms with Crippen LogP contribution in [0, 0.1) is 0 Å². The van der Waals surface area contributed by atoms with Crippen molar-refractivity contribution in [2.75, 3.05) is 12.4 Å². The van der Waals surface area contributed by atoms with Crippen molar-refractivity contribution in [3.05, 3.63) is 6.33 Å². The predicted molar refractivity (Wildman–Crippen MR) is 41.5 cm³/mol. The Hall–Kier alpha value is -0.550. The monoisotopic (exact) mass is 171 g/mol. The zero-order valence-electron chi connectivity index (χ0n) is 6.23. The Morgan fingerprint density at radius 2 is 2.73 bits per heavy atom. The van der Waals surface area contributed by atoms with Crippen LogP contribution in [-0.2, 0) is 11.8 Å². The average Bonchev–Trinajstić information content (AvgIpc) is 2.73. The van der Waals surface area contributed by atoms with E-state index in [-0.39, 0.29) is 0 Å². The standard InChI is InChI=1S/C6H9N3OS/c1-9-6(7-4-8-9)11-3-5-2-10-5/h4-5H,2-3H2,1H3. The number of nitrogens with zero attached hydrogens (tertiary/aromatic N) is 3. The van der Waals surface area contributed by atoms with E-state index >= 15 is 0 Å². The minimum atomic E-state index is 0.455. The molecule has 0 aliphatic carbocycles. The van der Waals surface area contributed by atoms with E-state index in [2.05, 4.69) is 10.1 Å². The molecule has 0 spiro atoms. The molecule has 60 valence electrons. The third kappa shape index (κ3) is 1.72. The number of rotatable bonds is 3. The largest absolute Gasteiger partial charge is 0.372 e. The zero-order chi connectivity index (χ0) is 7.68. The maximum Gasteiger partial charge on any atom is 0.185 e. The highest BCUT2D eigenvalue weighted by molar-refractivity contribution is 7.99. The lowest BCUT2D eigenvalue weighted by Crippen LogP contribution is -1.96. The summed E-state index contributed by atoms with van der Waals surface area (Å²) in [6.45, 7) is 0.908. The summed E-state index contributed by atoms with van der Waals surface area (Å²) in [5, 5.41) is 4.92. The summed E-state index contributed by atoms with van der Waals surface area (Å²) in [4.78, 5) is 4.07. The van der Waals surface area contributed by atoms with Gasteiger partial charge in [-0.1, -0.05) is 11.8 Å². The Morgan fingerprint density at radius 3 is 3.27 bits per heavy atom. The molecule has 1 saturated heterocycles. The van der Waals surface area contributed by atoms with Gasteiger partial charge in [0.15, 0.2) is 5.16 Å². The maximum absolute atomic E-state index is 5.07. The van der Waals surface area contributed by atoms with E-state index in [0.717, 1.165) is 17.5 Å². The zero-order valence-corrected chi connectivity index (χ0v) is 7.04. The van der Waals surface area contributed by atoms with Crippen molar-refractivity contribution >= 4 is 11.8 Å². The van der Waals surface area contributed by atoms with Crippen LogP contribution in [0.5, 0.6) is 0 Å². The molecule has 1 aromatic heterocycles. The lowest BCUT2D eigenvalue weighted by atomic mass is 10.6. The van der Waals surface area contributed by atoms with E-state index in [9.17, 15) is 0 Å². The molecule has 11 heavy (non-hydrogen) atoms. The number of ether oxygens (including phenoxy) is 1. The predicted octanol–water partition coefficient (Wildman–Crippen LogP) is 0.306. The first kappa shape index (κ1) is 7.12. The second kappa shape index (κ2) is 2.83. The summed E-state index contributed by atoms with van der Waals surface area (Å²) >= 11 is 1.69. The lowest BCUT2D eigenvalue weighted by molar-refractivity contribution is 0.426. The van der Waals surface area contributed by atoms with Crippen LogP contribution < -0.4 is 0 Å². The van der Waals surface area contributed by atoms with E-state index < -0.39 is 0 Å². The highest BCUT2D eigenvalue weighted by Gasteiger charge is 2.22. The van der Waals surface area contributed by atoms with Gasteiger partial charge in [-0.15, -0.1) is 0 Å². The van der Waals surface area contributed by atoms with Gasteiger partial charge in [-0.05, 0) is 0 Å². The van der Waals surface area contributed by atoms with Crippen LogP contribution in [0.25, 0.3) is 0 Å². The van der Waals surface area contributed by atoms with Gasteiger partial charge in [0.2, 0.25) is 0 Å². The molecule has 2 heterocycles. The second-order valence-corrected chi connectivity index (χ2v) is 3.42. The Morgan fingerprint density at radius 1 is 1.91 bits per heavy atom. The molecule has 1 aliphatic rings. The molecule has 0 saturated carbocycles. The fraction of sp³-hybridized carbons (Fsp3) is 0.667. The molecule has 0 radical (unpaired) electrons. The van der Waals surface area contributed by atoms with Gasteiger partial charge >= 0.3 is 0 Å². The molecule has 2 rings (SSSR count). The van der Waals surface area contributed by atoms with Gasteiger partial charge < -0.3 is 4.74 Å². The number of hydrogen-bond donors (Lipinski definition) is 0. The van der Waals surface area contributed by atoms with Crippen LogP contribution in [0.3, 0.4) is 0 Å². The summed E-state index contributed by atoms with van der Waals surface area (Å²) in [5.74, 6) is 0.993. The van der Waals surface area contributed by atoms with Crippen LogP contribution in [0.15, 0.2) is 11.5 Å². The Kier molecular flexibility index (Phi) is 1.83. The fourth-order valence-electron chi connectivity index (χ4n) is 0.748. The van der Waals surface area contributed by atoms with Crippen LogP contribution in [0.1, 0.15) is 0 Å². The first-order valence-electron chi connectivity index (χ1n) is 3.44. The number of epoxide rings is 1. The van der Waals surface area contributed by atoms with Gasteiger partial charge in [0.05, 0.1) is 12.7 Å². The van der Waals surface area contributed by atoms with Crippen molar-refractivity contribution in [3.8, 4) is 0 Å². The molecule has 0 aromatic carbocycles. The van der Waals surface area contributed by atoms with Gasteiger partial charge in [-0.2, -0.15) is 5.10 Å². The van der Waals surface area contributed by atoms with Crippen LogP contribution in [-0.4, -0.2) is 33.2 Å². The topological polar surface area (TPSA) is 43.2 Å². The van der Waals surface area contributed by atoms with Gasteiger partial charge in [0.1, 0.15) is 6.33 Å². The van der Waals surface area contributed by atoms with E-state index in [1.165, 1.54) is 0 Å². The molecule has 4 nitrogen and oxygen atoms in total. The number of hydrogen-bond acceptors (Lipinski definition) is 4. The normalized spacial score (nSPS) is 22.1. The molecule has 1 aromatic rings. The van der Waals surface area contributed by atoms with Crippen LogP contribution in [0.2, 0.25) is 0 Å². The molecular weight excluding hydrogens is 162 g/mol. The molecule has 1 unspecified atom stereocenters. The SMILES string of the molecule is Cn1ncnc1SCC1CO1. The smallest absolute Gasteiger partial charge is 0.185 e. The quantitative estimate of drug-likeness (QED) is 0.485. The third-order valence-electron chi connectivity index (χ3n) is 1.47. The van der Waals surface area contributed by atoms with E-state index in [0.29, 0.717) is 6.10 Å². The van der Waals surface area contributed by atoms with Gasteiger partial charge in [-0.3, -0.25) is 0 Å². The van der Waals surface area contributed by atoms with Crippen molar-refractivity contribution in [1.82, 2.24) is 14.8 Å². The average molecular weight is 171 g/mol. The van der Waals surface area contributed by atoms with Crippen molar-refractivity contribution in [2.24, 2.45) is 7.05 Å². The van der Waals surface area contributed by atoms with Crippen molar-refractivity contribution in [2.45, 2.75) is 11.3 Å². The molecule has 1 atom stereocenters. The first-order chi connectivity index (χ1) is 5.36. The molecule has 0 bridgehead atoms. The maximum atomic E-state index is 5.07. The van der Waals surface area contributed by atoms with Gasteiger partial charge in [-0.25, -0.2) is 9.67 Å². The Balaban J connectivity index is 1.89. The second-order valence-electron chi connectivity index (χ2n) is 2.43. The lowest BCUT2D eigenvalue weighted by Gasteiger charge is -1.95. The minimum Gasteiger partial charge on any atom is -0.372 e. The minimum absolute atomic E-state index is 0.455. The molecule has 1 aliphatic heterocycles. The summed E-state index contributed by atoms with van der Waals surface area (Å²) < 4.78 is 6.84. The van der Waals surface area contributed by atoms with Crippen LogP contribution >= 0.6 is 11.8 Å². The van der Waals surface area contributed by atoms with Gasteiger partial charge in [0.25, 0.3) is 0 Å². The van der Waals surface area contributed by atoms with Crippen LogP contribution in [0.4, 0.5) is 0 Å².